The Morgan fingerprint density at radius 3 is 2.56 bits per heavy atom. The maximum atomic E-state index is 13.6. The molecule has 0 radical (unpaired) electrons. The molecule has 2 rings (SSSR count). The molecule has 1 aliphatic heterocycles. The number of hydrogen-bond acceptors (Lipinski definition) is 2. The minimum atomic E-state index is -0.563. The maximum Gasteiger partial charge on any atom is 0.237 e. The lowest BCUT2D eigenvalue weighted by Gasteiger charge is -2.25. The van der Waals surface area contributed by atoms with E-state index in [-0.39, 0.29) is 24.1 Å². The van der Waals surface area contributed by atoms with Gasteiger partial charge in [-0.05, 0) is 25.1 Å². The van der Waals surface area contributed by atoms with Crippen molar-refractivity contribution >= 4 is 5.91 Å². The van der Waals surface area contributed by atoms with Gasteiger partial charge in [0.05, 0.1) is 6.04 Å². The molecule has 1 fully saturated rings. The highest BCUT2D eigenvalue weighted by Crippen LogP contribution is 2.18. The van der Waals surface area contributed by atoms with Crippen molar-refractivity contribution < 1.29 is 13.6 Å². The molecule has 1 saturated heterocycles. The van der Waals surface area contributed by atoms with E-state index < -0.39 is 11.6 Å². The van der Waals surface area contributed by atoms with Gasteiger partial charge < -0.3 is 5.32 Å². The molecule has 0 saturated carbocycles. The Bertz CT molecular complexity index is 430. The highest BCUT2D eigenvalue weighted by atomic mass is 19.1. The Kier molecular flexibility index (Phi) is 3.91. The molecule has 1 atom stereocenters. The second-order valence-corrected chi connectivity index (χ2v) is 4.36. The molecule has 0 unspecified atom stereocenters. The third kappa shape index (κ3) is 2.51. The van der Waals surface area contributed by atoms with E-state index in [4.69, 9.17) is 0 Å². The predicted molar refractivity (Wildman–Crippen MR) is 63.9 cm³/mol. The van der Waals surface area contributed by atoms with Gasteiger partial charge in [0.25, 0.3) is 0 Å². The molecular formula is C13H16F2N2O. The highest BCUT2D eigenvalue weighted by Gasteiger charge is 2.30. The first-order chi connectivity index (χ1) is 8.63. The van der Waals surface area contributed by atoms with Crippen LogP contribution in [0.3, 0.4) is 0 Å². The van der Waals surface area contributed by atoms with Crippen LogP contribution in [0.2, 0.25) is 0 Å². The van der Waals surface area contributed by atoms with Gasteiger partial charge >= 0.3 is 0 Å². The number of benzene rings is 1. The van der Waals surface area contributed by atoms with Crippen LogP contribution in [-0.2, 0) is 11.3 Å². The fourth-order valence-electron chi connectivity index (χ4n) is 2.26. The van der Waals surface area contributed by atoms with Crippen molar-refractivity contribution in [2.75, 3.05) is 13.1 Å². The lowest BCUT2D eigenvalue weighted by molar-refractivity contribution is -0.123. The summed E-state index contributed by atoms with van der Waals surface area (Å²) in [5.74, 6) is -1.19. The van der Waals surface area contributed by atoms with Crippen LogP contribution in [0.15, 0.2) is 18.2 Å². The van der Waals surface area contributed by atoms with Crippen molar-refractivity contribution in [1.82, 2.24) is 10.2 Å². The van der Waals surface area contributed by atoms with Gasteiger partial charge in [-0.3, -0.25) is 9.69 Å². The van der Waals surface area contributed by atoms with Crippen molar-refractivity contribution in [3.63, 3.8) is 0 Å². The number of rotatable bonds is 4. The molecule has 5 heteroatoms. The van der Waals surface area contributed by atoms with E-state index in [1.54, 1.807) is 4.90 Å². The molecule has 0 bridgehead atoms. The van der Waals surface area contributed by atoms with Gasteiger partial charge in [0.2, 0.25) is 5.91 Å². The van der Waals surface area contributed by atoms with E-state index in [2.05, 4.69) is 5.32 Å². The van der Waals surface area contributed by atoms with Gasteiger partial charge in [-0.1, -0.05) is 13.0 Å². The number of amides is 1. The molecular weight excluding hydrogens is 238 g/mol. The Balaban J connectivity index is 2.17. The molecule has 0 aromatic heterocycles. The minimum absolute atomic E-state index is 0.0269. The smallest absolute Gasteiger partial charge is 0.237 e. The molecule has 3 nitrogen and oxygen atoms in total. The average Bonchev–Trinajstić information content (AvgIpc) is 2.76. The van der Waals surface area contributed by atoms with Crippen LogP contribution < -0.4 is 5.32 Å². The number of likely N-dealkylation sites (N-methyl/N-ethyl adjacent to an activating group) is 1. The Labute approximate surface area is 105 Å². The van der Waals surface area contributed by atoms with Crippen LogP contribution in [0, 0.1) is 11.6 Å². The van der Waals surface area contributed by atoms with Gasteiger partial charge in [0.1, 0.15) is 11.6 Å². The van der Waals surface area contributed by atoms with Gasteiger partial charge in [0, 0.05) is 18.7 Å². The Morgan fingerprint density at radius 2 is 2.06 bits per heavy atom. The van der Waals surface area contributed by atoms with Crippen LogP contribution in [0.5, 0.6) is 0 Å². The number of nitrogens with one attached hydrogen (secondary N) is 1. The quantitative estimate of drug-likeness (QED) is 0.886. The van der Waals surface area contributed by atoms with Gasteiger partial charge in [-0.2, -0.15) is 0 Å². The summed E-state index contributed by atoms with van der Waals surface area (Å²) < 4.78 is 27.1. The van der Waals surface area contributed by atoms with Gasteiger partial charge in [0.15, 0.2) is 0 Å². The molecule has 1 aromatic carbocycles. The summed E-state index contributed by atoms with van der Waals surface area (Å²) in [6, 6.07) is 3.53. The Hall–Kier alpha value is -1.49. The number of carbonyl (C=O) groups excluding carboxylic acids is 1. The molecule has 1 heterocycles. The summed E-state index contributed by atoms with van der Waals surface area (Å²) in [5.41, 5.74) is 0.0269. The van der Waals surface area contributed by atoms with Crippen LogP contribution in [0.4, 0.5) is 8.78 Å². The van der Waals surface area contributed by atoms with Crippen LogP contribution in [-0.4, -0.2) is 29.9 Å². The van der Waals surface area contributed by atoms with E-state index in [0.29, 0.717) is 19.5 Å². The largest absolute Gasteiger partial charge is 0.355 e. The summed E-state index contributed by atoms with van der Waals surface area (Å²) in [5, 5.41) is 2.73. The van der Waals surface area contributed by atoms with Crippen molar-refractivity contribution in [2.45, 2.75) is 25.9 Å². The van der Waals surface area contributed by atoms with Crippen LogP contribution in [0.1, 0.15) is 18.9 Å². The standard InChI is InChI=1S/C13H16F2N2O/c1-2-17(12-6-7-16-13(12)18)8-9-10(14)4-3-5-11(9)15/h3-5,12H,2,6-8H2,1H3,(H,16,18)/t12-/m1/s1. The fraction of sp³-hybridized carbons (Fsp3) is 0.462. The van der Waals surface area contributed by atoms with Crippen molar-refractivity contribution in [1.29, 1.82) is 0 Å². The summed E-state index contributed by atoms with van der Waals surface area (Å²) in [4.78, 5) is 13.4. The lowest BCUT2D eigenvalue weighted by Crippen LogP contribution is -2.40. The molecule has 0 aliphatic carbocycles. The predicted octanol–water partition coefficient (Wildman–Crippen LogP) is 1.68. The average molecular weight is 254 g/mol. The molecule has 1 aliphatic rings. The second kappa shape index (κ2) is 5.44. The van der Waals surface area contributed by atoms with Crippen molar-refractivity contribution in [3.8, 4) is 0 Å². The summed E-state index contributed by atoms with van der Waals surface area (Å²) >= 11 is 0. The third-order valence-electron chi connectivity index (χ3n) is 3.29. The summed E-state index contributed by atoms with van der Waals surface area (Å²) in [6.07, 6.45) is 0.683. The normalized spacial score (nSPS) is 19.3. The molecule has 1 aromatic rings. The Morgan fingerprint density at radius 1 is 1.39 bits per heavy atom. The zero-order valence-electron chi connectivity index (χ0n) is 10.2. The van der Waals surface area contributed by atoms with Crippen molar-refractivity contribution in [2.24, 2.45) is 0 Å². The molecule has 0 spiro atoms. The van der Waals surface area contributed by atoms with E-state index in [9.17, 15) is 13.6 Å². The highest BCUT2D eigenvalue weighted by molar-refractivity contribution is 5.83. The summed E-state index contributed by atoms with van der Waals surface area (Å²) in [6.45, 7) is 3.20. The number of halogens is 2. The first kappa shape index (κ1) is 13.0. The van der Waals surface area contributed by atoms with Crippen LogP contribution >= 0.6 is 0 Å². The topological polar surface area (TPSA) is 32.3 Å². The lowest BCUT2D eigenvalue weighted by atomic mass is 10.1. The molecule has 98 valence electrons. The monoisotopic (exact) mass is 254 g/mol. The van der Waals surface area contributed by atoms with E-state index in [1.165, 1.54) is 18.2 Å². The first-order valence-electron chi connectivity index (χ1n) is 6.08. The third-order valence-corrected chi connectivity index (χ3v) is 3.29. The number of hydrogen-bond donors (Lipinski definition) is 1. The zero-order chi connectivity index (χ0) is 13.1. The minimum Gasteiger partial charge on any atom is -0.355 e. The molecule has 18 heavy (non-hydrogen) atoms. The molecule has 1 amide bonds. The van der Waals surface area contributed by atoms with Gasteiger partial charge in [-0.25, -0.2) is 8.78 Å². The second-order valence-electron chi connectivity index (χ2n) is 4.36. The number of nitrogens with zero attached hydrogens (tertiary/aromatic N) is 1. The summed E-state index contributed by atoms with van der Waals surface area (Å²) in [7, 11) is 0. The van der Waals surface area contributed by atoms with Gasteiger partial charge in [-0.15, -0.1) is 0 Å². The number of carbonyl (C=O) groups is 1. The van der Waals surface area contributed by atoms with E-state index >= 15 is 0 Å². The molecule has 1 N–H and O–H groups in total. The SMILES string of the molecule is CCN(Cc1c(F)cccc1F)[C@@H]1CCNC1=O. The van der Waals surface area contributed by atoms with Crippen LogP contribution in [0.25, 0.3) is 0 Å². The first-order valence-corrected chi connectivity index (χ1v) is 6.08. The zero-order valence-corrected chi connectivity index (χ0v) is 10.2. The fourth-order valence-corrected chi connectivity index (χ4v) is 2.26. The van der Waals surface area contributed by atoms with E-state index in [0.717, 1.165) is 0 Å². The van der Waals surface area contributed by atoms with Crippen molar-refractivity contribution in [3.05, 3.63) is 35.4 Å². The van der Waals surface area contributed by atoms with E-state index in [1.807, 2.05) is 6.92 Å². The maximum absolute atomic E-state index is 13.6.